The second-order valence-corrected chi connectivity index (χ2v) is 8.50. The molecule has 2 fully saturated rings. The van der Waals surface area contributed by atoms with E-state index in [4.69, 9.17) is 4.74 Å². The summed E-state index contributed by atoms with van der Waals surface area (Å²) in [4.78, 5) is 7.33. The molecule has 0 amide bonds. The molecule has 3 aromatic rings. The van der Waals surface area contributed by atoms with Crippen molar-refractivity contribution in [1.29, 1.82) is 0 Å². The number of ether oxygens (including phenoxy) is 1. The van der Waals surface area contributed by atoms with Gasteiger partial charge in [-0.05, 0) is 66.1 Å². The number of aromatic nitrogens is 1. The fraction of sp³-hybridized carbons (Fsp3) is 0.400. The van der Waals surface area contributed by atoms with Gasteiger partial charge in [-0.1, -0.05) is 30.7 Å². The van der Waals surface area contributed by atoms with Gasteiger partial charge in [0.15, 0.2) is 0 Å². The monoisotopic (exact) mass is 402 g/mol. The molecular formula is C25H30N4O. The van der Waals surface area contributed by atoms with Crippen molar-refractivity contribution in [3.63, 3.8) is 0 Å². The number of pyridine rings is 1. The topological polar surface area (TPSA) is 49.4 Å². The second kappa shape index (κ2) is 8.72. The lowest BCUT2D eigenvalue weighted by Crippen LogP contribution is -2.39. The fourth-order valence-corrected chi connectivity index (χ4v) is 5.04. The van der Waals surface area contributed by atoms with Crippen LogP contribution < -0.4 is 15.6 Å². The van der Waals surface area contributed by atoms with E-state index in [2.05, 4.69) is 63.2 Å². The second-order valence-electron chi connectivity index (χ2n) is 8.50. The Morgan fingerprint density at radius 3 is 2.83 bits per heavy atom. The van der Waals surface area contributed by atoms with Gasteiger partial charge in [-0.25, -0.2) is 5.43 Å². The first-order valence-electron chi connectivity index (χ1n) is 11.0. The third kappa shape index (κ3) is 3.93. The fourth-order valence-electron chi connectivity index (χ4n) is 5.04. The first-order chi connectivity index (χ1) is 14.8. The van der Waals surface area contributed by atoms with Crippen LogP contribution in [0.2, 0.25) is 0 Å². The normalized spacial score (nSPS) is 24.9. The zero-order valence-electron chi connectivity index (χ0n) is 17.6. The van der Waals surface area contributed by atoms with E-state index < -0.39 is 0 Å². The van der Waals surface area contributed by atoms with Crippen molar-refractivity contribution in [2.45, 2.75) is 31.3 Å². The van der Waals surface area contributed by atoms with Crippen molar-refractivity contribution in [1.82, 2.24) is 20.7 Å². The summed E-state index contributed by atoms with van der Waals surface area (Å²) in [7, 11) is 1.72. The van der Waals surface area contributed by atoms with Crippen LogP contribution in [0.1, 0.15) is 42.6 Å². The number of nitrogens with zero attached hydrogens (tertiary/aromatic N) is 2. The summed E-state index contributed by atoms with van der Waals surface area (Å²) >= 11 is 0. The Morgan fingerprint density at radius 2 is 1.97 bits per heavy atom. The van der Waals surface area contributed by atoms with Crippen LogP contribution in [0.25, 0.3) is 10.8 Å². The summed E-state index contributed by atoms with van der Waals surface area (Å²) in [6.07, 6.45) is 5.69. The maximum Gasteiger partial charge on any atom is 0.119 e. The van der Waals surface area contributed by atoms with E-state index in [1.165, 1.54) is 41.3 Å². The molecule has 0 saturated carbocycles. The third-order valence-electron chi connectivity index (χ3n) is 6.64. The number of rotatable bonds is 5. The van der Waals surface area contributed by atoms with Gasteiger partial charge in [-0.15, -0.1) is 0 Å². The zero-order valence-corrected chi connectivity index (χ0v) is 17.6. The highest BCUT2D eigenvalue weighted by atomic mass is 16.5. The predicted octanol–water partition coefficient (Wildman–Crippen LogP) is 4.24. The maximum atomic E-state index is 5.37. The molecule has 2 aromatic carbocycles. The number of benzene rings is 2. The molecule has 2 aliphatic rings. The molecule has 30 heavy (non-hydrogen) atoms. The third-order valence-corrected chi connectivity index (χ3v) is 6.64. The average molecular weight is 403 g/mol. The van der Waals surface area contributed by atoms with E-state index in [0.717, 1.165) is 25.4 Å². The summed E-state index contributed by atoms with van der Waals surface area (Å²) in [6, 6.07) is 20.1. The van der Waals surface area contributed by atoms with Crippen LogP contribution in [0.5, 0.6) is 5.75 Å². The van der Waals surface area contributed by atoms with Crippen LogP contribution in [-0.4, -0.2) is 36.6 Å². The van der Waals surface area contributed by atoms with E-state index in [1.807, 2.05) is 18.3 Å². The lowest BCUT2D eigenvalue weighted by atomic mass is 9.90. The molecule has 5 nitrogen and oxygen atoms in total. The highest BCUT2D eigenvalue weighted by Crippen LogP contribution is 2.34. The Morgan fingerprint density at radius 1 is 1.07 bits per heavy atom. The van der Waals surface area contributed by atoms with Gasteiger partial charge in [0.05, 0.1) is 24.9 Å². The molecule has 2 N–H and O–H groups in total. The van der Waals surface area contributed by atoms with Crippen molar-refractivity contribution in [3.8, 4) is 5.75 Å². The van der Waals surface area contributed by atoms with Gasteiger partial charge in [-0.2, -0.15) is 0 Å². The molecule has 3 heterocycles. The van der Waals surface area contributed by atoms with Crippen molar-refractivity contribution < 1.29 is 4.74 Å². The van der Waals surface area contributed by atoms with Crippen LogP contribution >= 0.6 is 0 Å². The largest absolute Gasteiger partial charge is 0.497 e. The molecular weight excluding hydrogens is 372 g/mol. The summed E-state index contributed by atoms with van der Waals surface area (Å²) in [5.41, 5.74) is 9.51. The molecule has 3 atom stereocenters. The highest BCUT2D eigenvalue weighted by molar-refractivity contribution is 5.84. The predicted molar refractivity (Wildman–Crippen MR) is 120 cm³/mol. The molecule has 1 aromatic heterocycles. The molecule has 5 heteroatoms. The Labute approximate surface area is 178 Å². The quantitative estimate of drug-likeness (QED) is 0.669. The molecule has 5 rings (SSSR count). The summed E-state index contributed by atoms with van der Waals surface area (Å²) in [6.45, 7) is 3.21. The lowest BCUT2D eigenvalue weighted by molar-refractivity contribution is 0.121. The average Bonchev–Trinajstić information content (AvgIpc) is 3.27. The molecule has 0 radical (unpaired) electrons. The van der Waals surface area contributed by atoms with Gasteiger partial charge < -0.3 is 4.74 Å². The molecule has 0 aliphatic carbocycles. The Kier molecular flexibility index (Phi) is 5.67. The number of nitrogens with one attached hydrogen (secondary N) is 2. The van der Waals surface area contributed by atoms with Crippen molar-refractivity contribution in [2.75, 3.05) is 26.7 Å². The summed E-state index contributed by atoms with van der Waals surface area (Å²) in [5.74, 6) is 1.42. The summed E-state index contributed by atoms with van der Waals surface area (Å²) in [5, 5.41) is 2.47. The van der Waals surface area contributed by atoms with E-state index in [-0.39, 0.29) is 0 Å². The van der Waals surface area contributed by atoms with Crippen LogP contribution in [0, 0.1) is 5.92 Å². The smallest absolute Gasteiger partial charge is 0.119 e. The molecule has 2 aliphatic heterocycles. The van der Waals surface area contributed by atoms with E-state index in [1.54, 1.807) is 7.11 Å². The van der Waals surface area contributed by atoms with Crippen molar-refractivity contribution >= 4 is 10.8 Å². The Hall–Kier alpha value is -2.47. The number of fused-ring (bicyclic) bond motifs is 1. The van der Waals surface area contributed by atoms with Gasteiger partial charge >= 0.3 is 0 Å². The molecule has 0 spiro atoms. The van der Waals surface area contributed by atoms with Gasteiger partial charge in [0.2, 0.25) is 0 Å². The molecule has 156 valence electrons. The van der Waals surface area contributed by atoms with Gasteiger partial charge in [0.25, 0.3) is 0 Å². The van der Waals surface area contributed by atoms with Crippen LogP contribution in [0.4, 0.5) is 0 Å². The SMILES string of the molecule is COc1ccc2cc(C3NNCC3CN3CCCCC3c3ccccn3)ccc2c1. The van der Waals surface area contributed by atoms with Gasteiger partial charge in [-0.3, -0.25) is 15.3 Å². The van der Waals surface area contributed by atoms with Crippen molar-refractivity contribution in [2.24, 2.45) is 5.92 Å². The van der Waals surface area contributed by atoms with Gasteiger partial charge in [0, 0.05) is 25.2 Å². The number of methoxy groups -OCH3 is 1. The molecule has 0 bridgehead atoms. The minimum Gasteiger partial charge on any atom is -0.497 e. The summed E-state index contributed by atoms with van der Waals surface area (Å²) < 4.78 is 5.37. The molecule has 2 saturated heterocycles. The van der Waals surface area contributed by atoms with E-state index in [0.29, 0.717) is 18.0 Å². The van der Waals surface area contributed by atoms with Gasteiger partial charge in [0.1, 0.15) is 5.75 Å². The zero-order chi connectivity index (χ0) is 20.3. The standard InChI is InChI=1S/C25H30N4O/c1-30-22-11-10-18-14-20(9-8-19(18)15-22)25-21(16-27-28-25)17-29-13-5-3-7-24(29)23-6-2-4-12-26-23/h2,4,6,8-12,14-15,21,24-25,27-28H,3,5,7,13,16-17H2,1H3. The lowest BCUT2D eigenvalue weighted by Gasteiger charge is -2.37. The minimum absolute atomic E-state index is 0.308. The van der Waals surface area contributed by atoms with E-state index in [9.17, 15) is 0 Å². The number of hydrogen-bond acceptors (Lipinski definition) is 5. The minimum atomic E-state index is 0.308. The number of piperidine rings is 1. The van der Waals surface area contributed by atoms with Crippen LogP contribution in [0.3, 0.4) is 0 Å². The molecule has 3 unspecified atom stereocenters. The van der Waals surface area contributed by atoms with Crippen LogP contribution in [0.15, 0.2) is 60.8 Å². The first kappa shape index (κ1) is 19.5. The first-order valence-corrected chi connectivity index (χ1v) is 11.0. The Balaban J connectivity index is 1.36. The van der Waals surface area contributed by atoms with Crippen LogP contribution in [-0.2, 0) is 0 Å². The number of likely N-dealkylation sites (tertiary alicyclic amines) is 1. The van der Waals surface area contributed by atoms with Crippen molar-refractivity contribution in [3.05, 3.63) is 72.1 Å². The number of hydrazine groups is 1. The Bertz CT molecular complexity index is 993. The van der Waals surface area contributed by atoms with E-state index >= 15 is 0 Å². The highest BCUT2D eigenvalue weighted by Gasteiger charge is 2.33. The maximum absolute atomic E-state index is 5.37. The number of hydrogen-bond donors (Lipinski definition) is 2.